The monoisotopic (exact) mass is 356 g/mol. The number of nitrogens with two attached hydrogens (primary N) is 1. The van der Waals surface area contributed by atoms with Crippen molar-refractivity contribution >= 4 is 21.9 Å². The molecule has 6 heteroatoms. The van der Waals surface area contributed by atoms with Gasteiger partial charge in [-0.05, 0) is 17.7 Å². The van der Waals surface area contributed by atoms with E-state index >= 15 is 0 Å². The summed E-state index contributed by atoms with van der Waals surface area (Å²) in [5, 5.41) is 4.99. The third-order valence-corrected chi connectivity index (χ3v) is 5.49. The Morgan fingerprint density at radius 2 is 2.00 bits per heavy atom. The minimum atomic E-state index is -0.357. The summed E-state index contributed by atoms with van der Waals surface area (Å²) < 4.78 is 7.58. The van der Waals surface area contributed by atoms with E-state index in [9.17, 15) is 4.79 Å². The van der Waals surface area contributed by atoms with Gasteiger partial charge in [-0.3, -0.25) is 14.6 Å². The average molecular weight is 356 g/mol. The fraction of sp³-hybridized carbons (Fsp3) is 0.0952. The fourth-order valence-corrected chi connectivity index (χ4v) is 4.31. The first-order chi connectivity index (χ1) is 13.2. The van der Waals surface area contributed by atoms with Gasteiger partial charge >= 0.3 is 0 Å². The number of rotatable bonds is 1. The molecular formula is C21H16N4O2. The maximum Gasteiger partial charge on any atom is 0.272 e. The predicted molar refractivity (Wildman–Crippen MR) is 104 cm³/mol. The van der Waals surface area contributed by atoms with Crippen molar-refractivity contribution in [1.29, 1.82) is 0 Å². The topological polar surface area (TPSA) is 92.7 Å². The fourth-order valence-electron chi connectivity index (χ4n) is 4.31. The van der Waals surface area contributed by atoms with Gasteiger partial charge in [0.2, 0.25) is 0 Å². The SMILES string of the molecule is NC1Cc2cccc3occ(c23)-c2c(-c3c[nH]c4ccccc34)c(=O)[nH]n21. The summed E-state index contributed by atoms with van der Waals surface area (Å²) in [7, 11) is 0. The number of aromatic amines is 2. The van der Waals surface area contributed by atoms with Crippen molar-refractivity contribution in [2.45, 2.75) is 12.6 Å². The van der Waals surface area contributed by atoms with Gasteiger partial charge in [0, 0.05) is 40.0 Å². The van der Waals surface area contributed by atoms with Gasteiger partial charge in [-0.1, -0.05) is 30.3 Å². The normalized spacial score (nSPS) is 16.0. The van der Waals surface area contributed by atoms with Crippen LogP contribution in [0.3, 0.4) is 0 Å². The summed E-state index contributed by atoms with van der Waals surface area (Å²) in [5.41, 5.74) is 12.4. The highest BCUT2D eigenvalue weighted by molar-refractivity contribution is 6.04. The molecule has 0 aliphatic carbocycles. The standard InChI is InChI=1S/C21H16N4O2/c22-17-8-11-4-3-7-16-18(11)14(10-27-16)20-19(21(26)24-25(17)20)13-9-23-15-6-2-1-5-12(13)15/h1-7,9-10,17,23H,8,22H2,(H,24,26). The molecule has 0 saturated carbocycles. The summed E-state index contributed by atoms with van der Waals surface area (Å²) in [5.74, 6) is 0. The first-order valence-electron chi connectivity index (χ1n) is 8.88. The highest BCUT2D eigenvalue weighted by Gasteiger charge is 2.29. The first kappa shape index (κ1) is 14.6. The Balaban J connectivity index is 1.76. The second-order valence-corrected chi connectivity index (χ2v) is 6.99. The number of fused-ring (bicyclic) bond motifs is 3. The van der Waals surface area contributed by atoms with Crippen molar-refractivity contribution in [2.75, 3.05) is 0 Å². The number of benzene rings is 2. The Labute approximate surface area is 153 Å². The van der Waals surface area contributed by atoms with Crippen LogP contribution in [0.2, 0.25) is 0 Å². The molecule has 1 aliphatic heterocycles. The summed E-state index contributed by atoms with van der Waals surface area (Å²) in [6.45, 7) is 0. The number of aromatic nitrogens is 3. The average Bonchev–Trinajstić information content (AvgIpc) is 3.34. The molecule has 1 aliphatic rings. The van der Waals surface area contributed by atoms with E-state index in [0.717, 1.165) is 44.3 Å². The molecule has 5 aromatic rings. The second-order valence-electron chi connectivity index (χ2n) is 6.99. The quantitative estimate of drug-likeness (QED) is 0.427. The summed E-state index contributed by atoms with van der Waals surface area (Å²) in [4.78, 5) is 16.2. The van der Waals surface area contributed by atoms with Gasteiger partial charge < -0.3 is 15.1 Å². The molecule has 1 atom stereocenters. The number of hydrogen-bond donors (Lipinski definition) is 3. The van der Waals surface area contributed by atoms with Crippen LogP contribution in [0.5, 0.6) is 0 Å². The molecule has 6 nitrogen and oxygen atoms in total. The molecule has 132 valence electrons. The van der Waals surface area contributed by atoms with Crippen LogP contribution in [0.1, 0.15) is 11.7 Å². The van der Waals surface area contributed by atoms with Crippen LogP contribution in [0.4, 0.5) is 0 Å². The van der Waals surface area contributed by atoms with Crippen LogP contribution in [0.15, 0.2) is 64.1 Å². The number of furan rings is 1. The summed E-state index contributed by atoms with van der Waals surface area (Å²) >= 11 is 0. The molecular weight excluding hydrogens is 340 g/mol. The Kier molecular flexibility index (Phi) is 2.72. The van der Waals surface area contributed by atoms with E-state index in [2.05, 4.69) is 16.1 Å². The van der Waals surface area contributed by atoms with Gasteiger partial charge in [0.15, 0.2) is 0 Å². The summed E-state index contributed by atoms with van der Waals surface area (Å²) in [6.07, 6.45) is 3.87. The van der Waals surface area contributed by atoms with Crippen LogP contribution in [0, 0.1) is 0 Å². The molecule has 0 saturated heterocycles. The number of para-hydroxylation sites is 1. The van der Waals surface area contributed by atoms with Crippen molar-refractivity contribution in [1.82, 2.24) is 14.8 Å². The van der Waals surface area contributed by atoms with Gasteiger partial charge in [-0.25, -0.2) is 0 Å². The first-order valence-corrected chi connectivity index (χ1v) is 8.88. The number of nitrogens with one attached hydrogen (secondary N) is 2. The van der Waals surface area contributed by atoms with Gasteiger partial charge in [0.1, 0.15) is 18.0 Å². The lowest BCUT2D eigenvalue weighted by Gasteiger charge is -2.13. The molecule has 4 heterocycles. The zero-order chi connectivity index (χ0) is 18.1. The smallest absolute Gasteiger partial charge is 0.272 e. The molecule has 0 radical (unpaired) electrons. The zero-order valence-corrected chi connectivity index (χ0v) is 14.3. The molecule has 6 rings (SSSR count). The van der Waals surface area contributed by atoms with Gasteiger partial charge in [-0.15, -0.1) is 0 Å². The van der Waals surface area contributed by atoms with Crippen LogP contribution < -0.4 is 11.3 Å². The van der Waals surface area contributed by atoms with Gasteiger partial charge in [-0.2, -0.15) is 0 Å². The number of H-pyrrole nitrogens is 2. The lowest BCUT2D eigenvalue weighted by molar-refractivity contribution is 0.472. The van der Waals surface area contributed by atoms with E-state index in [0.29, 0.717) is 12.0 Å². The van der Waals surface area contributed by atoms with Crippen LogP contribution >= 0.6 is 0 Å². The highest BCUT2D eigenvalue weighted by atomic mass is 16.3. The van der Waals surface area contributed by atoms with Crippen molar-refractivity contribution in [3.8, 4) is 22.4 Å². The second kappa shape index (κ2) is 5.02. The van der Waals surface area contributed by atoms with Crippen molar-refractivity contribution < 1.29 is 4.42 Å². The maximum atomic E-state index is 13.0. The number of hydrogen-bond acceptors (Lipinski definition) is 3. The van der Waals surface area contributed by atoms with E-state index in [4.69, 9.17) is 10.2 Å². The van der Waals surface area contributed by atoms with Crippen molar-refractivity contribution in [2.24, 2.45) is 5.73 Å². The third kappa shape index (κ3) is 1.85. The molecule has 0 amide bonds. The Bertz CT molecular complexity index is 1400. The third-order valence-electron chi connectivity index (χ3n) is 5.49. The van der Waals surface area contributed by atoms with E-state index in [1.165, 1.54) is 0 Å². The maximum absolute atomic E-state index is 13.0. The van der Waals surface area contributed by atoms with E-state index in [1.807, 2.05) is 42.6 Å². The van der Waals surface area contributed by atoms with E-state index < -0.39 is 0 Å². The van der Waals surface area contributed by atoms with Crippen molar-refractivity contribution in [3.63, 3.8) is 0 Å². The van der Waals surface area contributed by atoms with Crippen LogP contribution in [-0.4, -0.2) is 14.8 Å². The number of nitrogens with zero attached hydrogens (tertiary/aromatic N) is 1. The largest absolute Gasteiger partial charge is 0.464 e. The van der Waals surface area contributed by atoms with Gasteiger partial charge in [0.05, 0.1) is 11.3 Å². The molecule has 27 heavy (non-hydrogen) atoms. The predicted octanol–water partition coefficient (Wildman–Crippen LogP) is 3.75. The highest BCUT2D eigenvalue weighted by Crippen LogP contribution is 2.42. The van der Waals surface area contributed by atoms with E-state index in [1.54, 1.807) is 10.9 Å². The lowest BCUT2D eigenvalue weighted by atomic mass is 9.98. The molecule has 3 aromatic heterocycles. The summed E-state index contributed by atoms with van der Waals surface area (Å²) in [6, 6.07) is 13.9. The Morgan fingerprint density at radius 1 is 1.11 bits per heavy atom. The minimum absolute atomic E-state index is 0.154. The molecule has 2 aromatic carbocycles. The zero-order valence-electron chi connectivity index (χ0n) is 14.3. The van der Waals surface area contributed by atoms with Gasteiger partial charge in [0.25, 0.3) is 5.56 Å². The van der Waals surface area contributed by atoms with Crippen LogP contribution in [0.25, 0.3) is 44.3 Å². The molecule has 1 unspecified atom stereocenters. The minimum Gasteiger partial charge on any atom is -0.464 e. The molecule has 4 N–H and O–H groups in total. The molecule has 0 bridgehead atoms. The van der Waals surface area contributed by atoms with Crippen LogP contribution in [-0.2, 0) is 6.42 Å². The molecule has 0 spiro atoms. The Hall–Kier alpha value is -3.51. The van der Waals surface area contributed by atoms with Crippen molar-refractivity contribution in [3.05, 3.63) is 70.8 Å². The Morgan fingerprint density at radius 3 is 2.93 bits per heavy atom. The molecule has 0 fully saturated rings. The lowest BCUT2D eigenvalue weighted by Crippen LogP contribution is -2.23. The van der Waals surface area contributed by atoms with E-state index in [-0.39, 0.29) is 11.7 Å².